The number of fused-ring (bicyclic) bond motifs is 1. The molecule has 1 aliphatic rings. The smallest absolute Gasteiger partial charge is 0.251 e. The fourth-order valence-corrected chi connectivity index (χ4v) is 2.84. The molecule has 0 spiro atoms. The summed E-state index contributed by atoms with van der Waals surface area (Å²) in [7, 11) is 3.77. The van der Waals surface area contributed by atoms with Crippen LogP contribution in [-0.4, -0.2) is 30.9 Å². The first-order chi connectivity index (χ1) is 11.9. The molecule has 0 aliphatic carbocycles. The number of benzene rings is 1. The number of carbonyl (C=O) groups is 2. The lowest BCUT2D eigenvalue weighted by Crippen LogP contribution is -2.27. The van der Waals surface area contributed by atoms with Crippen molar-refractivity contribution in [3.63, 3.8) is 0 Å². The van der Waals surface area contributed by atoms with E-state index in [1.54, 1.807) is 18.3 Å². The van der Waals surface area contributed by atoms with Crippen molar-refractivity contribution in [1.82, 2.24) is 10.3 Å². The van der Waals surface area contributed by atoms with Crippen molar-refractivity contribution in [2.75, 3.05) is 24.3 Å². The van der Waals surface area contributed by atoms with Gasteiger partial charge in [-0.25, -0.2) is 4.98 Å². The predicted molar refractivity (Wildman–Crippen MR) is 97.8 cm³/mol. The predicted octanol–water partition coefficient (Wildman–Crippen LogP) is 2.52. The minimum Gasteiger partial charge on any atom is -0.363 e. The fourth-order valence-electron chi connectivity index (χ4n) is 2.84. The van der Waals surface area contributed by atoms with Crippen LogP contribution >= 0.6 is 0 Å². The van der Waals surface area contributed by atoms with Gasteiger partial charge in [-0.3, -0.25) is 9.59 Å². The summed E-state index contributed by atoms with van der Waals surface area (Å²) in [5.74, 6) is 0.657. The molecule has 0 unspecified atom stereocenters. The molecular formula is C19H22N4O2. The Kier molecular flexibility index (Phi) is 4.70. The number of aryl methyl sites for hydroxylation is 1. The molecule has 1 aromatic heterocycles. The molecule has 1 aromatic carbocycles. The van der Waals surface area contributed by atoms with Crippen LogP contribution in [0.5, 0.6) is 0 Å². The second-order valence-electron chi connectivity index (χ2n) is 6.46. The van der Waals surface area contributed by atoms with E-state index in [1.807, 2.05) is 38.1 Å². The maximum absolute atomic E-state index is 12.5. The number of amides is 2. The van der Waals surface area contributed by atoms with E-state index in [4.69, 9.17) is 0 Å². The molecule has 2 amide bonds. The van der Waals surface area contributed by atoms with Crippen molar-refractivity contribution in [1.29, 1.82) is 0 Å². The Morgan fingerprint density at radius 3 is 2.80 bits per heavy atom. The molecule has 2 N–H and O–H groups in total. The summed E-state index contributed by atoms with van der Waals surface area (Å²) in [5, 5.41) is 5.89. The molecular weight excluding hydrogens is 316 g/mol. The SMILES string of the molecule is C[C@@H](NC(=O)c1ccnc(N(C)C)c1)c1ccc2c(c1)CCC(=O)N2. The Hall–Kier alpha value is -2.89. The van der Waals surface area contributed by atoms with Gasteiger partial charge in [-0.05, 0) is 42.7 Å². The van der Waals surface area contributed by atoms with Crippen LogP contribution in [0, 0.1) is 0 Å². The zero-order chi connectivity index (χ0) is 18.0. The third-order valence-corrected chi connectivity index (χ3v) is 4.34. The first kappa shape index (κ1) is 17.0. The molecule has 25 heavy (non-hydrogen) atoms. The van der Waals surface area contributed by atoms with Gasteiger partial charge in [-0.15, -0.1) is 0 Å². The van der Waals surface area contributed by atoms with Gasteiger partial charge in [-0.1, -0.05) is 12.1 Å². The molecule has 1 aliphatic heterocycles. The molecule has 3 rings (SSSR count). The fraction of sp³-hybridized carbons (Fsp3) is 0.316. The average Bonchev–Trinajstić information content (AvgIpc) is 2.61. The van der Waals surface area contributed by atoms with Crippen LogP contribution in [-0.2, 0) is 11.2 Å². The van der Waals surface area contributed by atoms with Crippen molar-refractivity contribution < 1.29 is 9.59 Å². The number of hydrogen-bond donors (Lipinski definition) is 2. The number of nitrogens with zero attached hydrogens (tertiary/aromatic N) is 2. The van der Waals surface area contributed by atoms with Crippen LogP contribution in [0.25, 0.3) is 0 Å². The van der Waals surface area contributed by atoms with Crippen molar-refractivity contribution in [3.05, 3.63) is 53.2 Å². The summed E-state index contributed by atoms with van der Waals surface area (Å²) in [4.78, 5) is 30.0. The lowest BCUT2D eigenvalue weighted by Gasteiger charge is -2.20. The molecule has 0 fully saturated rings. The van der Waals surface area contributed by atoms with Crippen LogP contribution in [0.3, 0.4) is 0 Å². The van der Waals surface area contributed by atoms with Gasteiger partial charge < -0.3 is 15.5 Å². The van der Waals surface area contributed by atoms with Gasteiger partial charge in [0.1, 0.15) is 5.82 Å². The Bertz CT molecular complexity index is 817. The van der Waals surface area contributed by atoms with Gasteiger partial charge in [0.05, 0.1) is 6.04 Å². The molecule has 0 bridgehead atoms. The highest BCUT2D eigenvalue weighted by Gasteiger charge is 2.18. The highest BCUT2D eigenvalue weighted by Crippen LogP contribution is 2.26. The molecule has 6 nitrogen and oxygen atoms in total. The second kappa shape index (κ2) is 6.93. The van der Waals surface area contributed by atoms with E-state index in [0.717, 1.165) is 29.1 Å². The van der Waals surface area contributed by atoms with Gasteiger partial charge in [0.25, 0.3) is 5.91 Å². The largest absolute Gasteiger partial charge is 0.363 e. The molecule has 2 heterocycles. The van der Waals surface area contributed by atoms with Crippen molar-refractivity contribution >= 4 is 23.3 Å². The van der Waals surface area contributed by atoms with E-state index in [2.05, 4.69) is 21.7 Å². The summed E-state index contributed by atoms with van der Waals surface area (Å²) in [6.07, 6.45) is 2.87. The van der Waals surface area contributed by atoms with E-state index in [-0.39, 0.29) is 17.9 Å². The normalized spacial score (nSPS) is 14.3. The van der Waals surface area contributed by atoms with E-state index in [0.29, 0.717) is 12.0 Å². The summed E-state index contributed by atoms with van der Waals surface area (Å²) >= 11 is 0. The molecule has 1 atom stereocenters. The number of nitrogens with one attached hydrogen (secondary N) is 2. The van der Waals surface area contributed by atoms with E-state index < -0.39 is 0 Å². The van der Waals surface area contributed by atoms with Gasteiger partial charge >= 0.3 is 0 Å². The van der Waals surface area contributed by atoms with Crippen LogP contribution in [0.2, 0.25) is 0 Å². The van der Waals surface area contributed by atoms with Crippen molar-refractivity contribution in [2.45, 2.75) is 25.8 Å². The van der Waals surface area contributed by atoms with Crippen LogP contribution in [0.15, 0.2) is 36.5 Å². The topological polar surface area (TPSA) is 74.3 Å². The third-order valence-electron chi connectivity index (χ3n) is 4.34. The molecule has 130 valence electrons. The zero-order valence-electron chi connectivity index (χ0n) is 14.7. The number of rotatable bonds is 4. The number of pyridine rings is 1. The zero-order valence-corrected chi connectivity index (χ0v) is 14.7. The van der Waals surface area contributed by atoms with E-state index in [1.165, 1.54) is 0 Å². The average molecular weight is 338 g/mol. The minimum atomic E-state index is -0.135. The second-order valence-corrected chi connectivity index (χ2v) is 6.46. The highest BCUT2D eigenvalue weighted by molar-refractivity contribution is 5.95. The number of anilines is 2. The number of hydrogen-bond acceptors (Lipinski definition) is 4. The van der Waals surface area contributed by atoms with Gasteiger partial charge in [0, 0.05) is 38.0 Å². The van der Waals surface area contributed by atoms with Crippen LogP contribution < -0.4 is 15.5 Å². The molecule has 0 radical (unpaired) electrons. The monoisotopic (exact) mass is 338 g/mol. The summed E-state index contributed by atoms with van der Waals surface area (Å²) < 4.78 is 0. The quantitative estimate of drug-likeness (QED) is 0.898. The van der Waals surface area contributed by atoms with Gasteiger partial charge in [0.2, 0.25) is 5.91 Å². The maximum Gasteiger partial charge on any atom is 0.251 e. The van der Waals surface area contributed by atoms with Crippen molar-refractivity contribution in [2.24, 2.45) is 0 Å². The summed E-state index contributed by atoms with van der Waals surface area (Å²) in [5.41, 5.74) is 3.57. The number of aromatic nitrogens is 1. The van der Waals surface area contributed by atoms with Gasteiger partial charge in [-0.2, -0.15) is 0 Å². The number of carbonyl (C=O) groups excluding carboxylic acids is 2. The first-order valence-corrected chi connectivity index (χ1v) is 8.31. The van der Waals surface area contributed by atoms with Crippen molar-refractivity contribution in [3.8, 4) is 0 Å². The first-order valence-electron chi connectivity index (χ1n) is 8.31. The van der Waals surface area contributed by atoms with E-state index >= 15 is 0 Å². The standard InChI is InChI=1S/C19H22N4O2/c1-12(13-4-6-16-14(10-13)5-7-18(24)22-16)21-19(25)15-8-9-20-17(11-15)23(2)3/h4,6,8-12H,5,7H2,1-3H3,(H,21,25)(H,22,24)/t12-/m1/s1. The Balaban J connectivity index is 1.74. The molecule has 2 aromatic rings. The summed E-state index contributed by atoms with van der Waals surface area (Å²) in [6.45, 7) is 1.95. The Labute approximate surface area is 147 Å². The molecule has 6 heteroatoms. The maximum atomic E-state index is 12.5. The summed E-state index contributed by atoms with van der Waals surface area (Å²) in [6, 6.07) is 9.24. The Morgan fingerprint density at radius 2 is 2.04 bits per heavy atom. The Morgan fingerprint density at radius 1 is 1.24 bits per heavy atom. The molecule has 0 saturated heterocycles. The lowest BCUT2D eigenvalue weighted by atomic mass is 9.97. The highest BCUT2D eigenvalue weighted by atomic mass is 16.2. The third kappa shape index (κ3) is 3.79. The van der Waals surface area contributed by atoms with Gasteiger partial charge in [0.15, 0.2) is 0 Å². The lowest BCUT2D eigenvalue weighted by molar-refractivity contribution is -0.116. The van der Waals surface area contributed by atoms with Crippen LogP contribution in [0.4, 0.5) is 11.5 Å². The van der Waals surface area contributed by atoms with E-state index in [9.17, 15) is 9.59 Å². The minimum absolute atomic E-state index is 0.0518. The molecule has 0 saturated carbocycles. The van der Waals surface area contributed by atoms with Crippen LogP contribution in [0.1, 0.15) is 40.9 Å².